The first-order valence-electron chi connectivity index (χ1n) is 8.67. The molecule has 0 bridgehead atoms. The summed E-state index contributed by atoms with van der Waals surface area (Å²) in [6.07, 6.45) is 0.914. The van der Waals surface area contributed by atoms with Gasteiger partial charge in [-0.15, -0.1) is 0 Å². The zero-order chi connectivity index (χ0) is 18.7. The highest BCUT2D eigenvalue weighted by molar-refractivity contribution is 7.92. The summed E-state index contributed by atoms with van der Waals surface area (Å²) in [5, 5.41) is 3.25. The van der Waals surface area contributed by atoms with E-state index in [1.54, 1.807) is 18.2 Å². The van der Waals surface area contributed by atoms with Gasteiger partial charge >= 0.3 is 0 Å². The van der Waals surface area contributed by atoms with Crippen LogP contribution in [0.15, 0.2) is 53.4 Å². The molecule has 1 heterocycles. The highest BCUT2D eigenvalue weighted by Gasteiger charge is 2.25. The van der Waals surface area contributed by atoms with E-state index in [1.165, 1.54) is 30.3 Å². The second-order valence-electron chi connectivity index (χ2n) is 6.89. The molecule has 0 radical (unpaired) electrons. The van der Waals surface area contributed by atoms with Gasteiger partial charge in [-0.2, -0.15) is 0 Å². The predicted molar refractivity (Wildman–Crippen MR) is 102 cm³/mol. The third-order valence-corrected chi connectivity index (χ3v) is 6.12. The van der Waals surface area contributed by atoms with Gasteiger partial charge in [0.05, 0.1) is 16.3 Å². The number of likely N-dealkylation sites (tertiary alicyclic amines) is 1. The molecule has 0 saturated carbocycles. The lowest BCUT2D eigenvalue weighted by Crippen LogP contribution is -2.43. The van der Waals surface area contributed by atoms with Gasteiger partial charge in [0.1, 0.15) is 5.82 Å². The Morgan fingerprint density at radius 3 is 2.58 bits per heavy atom. The van der Waals surface area contributed by atoms with Crippen LogP contribution in [0.1, 0.15) is 13.3 Å². The first-order valence-corrected chi connectivity index (χ1v) is 10.2. The van der Waals surface area contributed by atoms with Gasteiger partial charge in [0.2, 0.25) is 0 Å². The van der Waals surface area contributed by atoms with Crippen LogP contribution in [-0.2, 0) is 10.0 Å². The number of halogens is 1. The van der Waals surface area contributed by atoms with Crippen LogP contribution >= 0.6 is 0 Å². The number of hydrogen-bond donors (Lipinski definition) is 2. The zero-order valence-corrected chi connectivity index (χ0v) is 15.8. The van der Waals surface area contributed by atoms with Crippen molar-refractivity contribution in [1.29, 1.82) is 0 Å². The summed E-state index contributed by atoms with van der Waals surface area (Å²) in [4.78, 5) is 2.42. The Bertz CT molecular complexity index is 858. The molecule has 2 N–H and O–H groups in total. The molecule has 2 unspecified atom stereocenters. The maximum absolute atomic E-state index is 14.2. The second kappa shape index (κ2) is 7.63. The van der Waals surface area contributed by atoms with E-state index in [9.17, 15) is 12.8 Å². The van der Waals surface area contributed by atoms with Crippen molar-refractivity contribution in [2.24, 2.45) is 5.92 Å². The predicted octanol–water partition coefficient (Wildman–Crippen LogP) is 3.38. The van der Waals surface area contributed by atoms with Gasteiger partial charge in [0.15, 0.2) is 0 Å². The Labute approximate surface area is 154 Å². The normalized spacial score (nSPS) is 21.3. The van der Waals surface area contributed by atoms with E-state index < -0.39 is 15.8 Å². The molecule has 2 atom stereocenters. The fourth-order valence-electron chi connectivity index (χ4n) is 3.28. The molecule has 2 aromatic carbocycles. The molecule has 5 nitrogen and oxygen atoms in total. The highest BCUT2D eigenvalue weighted by Crippen LogP contribution is 2.26. The largest absolute Gasteiger partial charge is 0.380 e. The SMILES string of the molecule is CC1CN(C)CCC1Nc1cc(NS(=O)(=O)c2ccccc2)ccc1F. The van der Waals surface area contributed by atoms with Gasteiger partial charge in [-0.05, 0) is 56.3 Å². The Kier molecular flexibility index (Phi) is 5.48. The Morgan fingerprint density at radius 2 is 1.88 bits per heavy atom. The van der Waals surface area contributed by atoms with E-state index in [4.69, 9.17) is 0 Å². The summed E-state index contributed by atoms with van der Waals surface area (Å²) in [6, 6.07) is 12.5. The van der Waals surface area contributed by atoms with Crippen molar-refractivity contribution in [1.82, 2.24) is 4.90 Å². The van der Waals surface area contributed by atoms with Crippen LogP contribution in [0.2, 0.25) is 0 Å². The third-order valence-electron chi connectivity index (χ3n) is 4.72. The summed E-state index contributed by atoms with van der Waals surface area (Å²) in [7, 11) is -1.63. The van der Waals surface area contributed by atoms with Crippen molar-refractivity contribution in [3.63, 3.8) is 0 Å². The molecule has 140 valence electrons. The van der Waals surface area contributed by atoms with Crippen molar-refractivity contribution in [2.75, 3.05) is 30.2 Å². The molecule has 1 saturated heterocycles. The molecule has 0 aromatic heterocycles. The summed E-state index contributed by atoms with van der Waals surface area (Å²) in [5.74, 6) is -0.0170. The minimum Gasteiger partial charge on any atom is -0.380 e. The van der Waals surface area contributed by atoms with Crippen molar-refractivity contribution in [2.45, 2.75) is 24.3 Å². The van der Waals surface area contributed by atoms with E-state index >= 15 is 0 Å². The van der Waals surface area contributed by atoms with Gasteiger partial charge in [0, 0.05) is 12.6 Å². The van der Waals surface area contributed by atoms with E-state index in [-0.39, 0.29) is 10.9 Å². The maximum Gasteiger partial charge on any atom is 0.261 e. The van der Waals surface area contributed by atoms with Gasteiger partial charge in [-0.3, -0.25) is 4.72 Å². The van der Waals surface area contributed by atoms with Crippen molar-refractivity contribution >= 4 is 21.4 Å². The van der Waals surface area contributed by atoms with E-state index in [1.807, 2.05) is 0 Å². The fraction of sp³-hybridized carbons (Fsp3) is 0.368. The molecule has 0 spiro atoms. The topological polar surface area (TPSA) is 61.4 Å². The monoisotopic (exact) mass is 377 g/mol. The number of rotatable bonds is 5. The minimum atomic E-state index is -3.70. The van der Waals surface area contributed by atoms with E-state index in [0.29, 0.717) is 17.3 Å². The summed E-state index contributed by atoms with van der Waals surface area (Å²) in [6.45, 7) is 4.02. The van der Waals surface area contributed by atoms with Gasteiger partial charge < -0.3 is 10.2 Å². The Hall–Kier alpha value is -2.12. The van der Waals surface area contributed by atoms with E-state index in [2.05, 4.69) is 28.9 Å². The Morgan fingerprint density at radius 1 is 1.15 bits per heavy atom. The molecule has 26 heavy (non-hydrogen) atoms. The van der Waals surface area contributed by atoms with Gasteiger partial charge in [-0.1, -0.05) is 25.1 Å². The smallest absolute Gasteiger partial charge is 0.261 e. The van der Waals surface area contributed by atoms with Crippen LogP contribution in [0.3, 0.4) is 0 Å². The lowest BCUT2D eigenvalue weighted by Gasteiger charge is -2.35. The lowest BCUT2D eigenvalue weighted by molar-refractivity contribution is 0.206. The van der Waals surface area contributed by atoms with Crippen molar-refractivity contribution in [3.05, 3.63) is 54.3 Å². The molecule has 0 amide bonds. The highest BCUT2D eigenvalue weighted by atomic mass is 32.2. The van der Waals surface area contributed by atoms with Crippen LogP contribution in [0.5, 0.6) is 0 Å². The van der Waals surface area contributed by atoms with Gasteiger partial charge in [0.25, 0.3) is 10.0 Å². The first kappa shape index (κ1) is 18.7. The van der Waals surface area contributed by atoms with Crippen molar-refractivity contribution in [3.8, 4) is 0 Å². The number of hydrogen-bond acceptors (Lipinski definition) is 4. The second-order valence-corrected chi connectivity index (χ2v) is 8.57. The molecule has 3 rings (SSSR count). The molecule has 7 heteroatoms. The first-order chi connectivity index (χ1) is 12.3. The molecule has 1 aliphatic heterocycles. The van der Waals surface area contributed by atoms with Crippen LogP contribution in [0, 0.1) is 11.7 Å². The Balaban J connectivity index is 1.78. The standard InChI is InChI=1S/C19H24FN3O2S/c1-14-13-23(2)11-10-18(14)21-19-12-15(8-9-17(19)20)22-26(24,25)16-6-4-3-5-7-16/h3-9,12,14,18,21-22H,10-11,13H2,1-2H3. The van der Waals surface area contributed by atoms with Crippen LogP contribution < -0.4 is 10.0 Å². The number of sulfonamides is 1. The minimum absolute atomic E-state index is 0.154. The molecule has 2 aromatic rings. The average Bonchev–Trinajstić information content (AvgIpc) is 2.61. The number of piperidine rings is 1. The van der Waals surface area contributed by atoms with Crippen LogP contribution in [0.4, 0.5) is 15.8 Å². The molecular weight excluding hydrogens is 353 g/mol. The molecular formula is C19H24FN3O2S. The summed E-state index contributed by atoms with van der Waals surface area (Å²) < 4.78 is 41.6. The average molecular weight is 377 g/mol. The number of nitrogens with zero attached hydrogens (tertiary/aromatic N) is 1. The number of anilines is 2. The number of benzene rings is 2. The molecule has 0 aliphatic carbocycles. The summed E-state index contributed by atoms with van der Waals surface area (Å²) in [5.41, 5.74) is 0.651. The number of nitrogens with one attached hydrogen (secondary N) is 2. The van der Waals surface area contributed by atoms with Crippen LogP contribution in [-0.4, -0.2) is 39.5 Å². The fourth-order valence-corrected chi connectivity index (χ4v) is 4.35. The quantitative estimate of drug-likeness (QED) is 0.839. The maximum atomic E-state index is 14.2. The van der Waals surface area contributed by atoms with Crippen molar-refractivity contribution < 1.29 is 12.8 Å². The van der Waals surface area contributed by atoms with Gasteiger partial charge in [-0.25, -0.2) is 12.8 Å². The third kappa shape index (κ3) is 4.34. The van der Waals surface area contributed by atoms with Crippen LogP contribution in [0.25, 0.3) is 0 Å². The molecule has 1 fully saturated rings. The zero-order valence-electron chi connectivity index (χ0n) is 14.9. The molecule has 1 aliphatic rings. The lowest BCUT2D eigenvalue weighted by atomic mass is 9.94. The summed E-state index contributed by atoms with van der Waals surface area (Å²) >= 11 is 0. The van der Waals surface area contributed by atoms with E-state index in [0.717, 1.165) is 19.5 Å².